The lowest BCUT2D eigenvalue weighted by Crippen LogP contribution is -2.35. The Labute approximate surface area is 115 Å². The number of likely N-dealkylation sites (tertiary alicyclic amines) is 1. The fourth-order valence-corrected chi connectivity index (χ4v) is 3.06. The predicted octanol–water partition coefficient (Wildman–Crippen LogP) is 1.64. The van der Waals surface area contributed by atoms with Gasteiger partial charge in [0.2, 0.25) is 0 Å². The van der Waals surface area contributed by atoms with Crippen molar-refractivity contribution >= 4 is 23.2 Å². The van der Waals surface area contributed by atoms with Gasteiger partial charge in [-0.15, -0.1) is 11.3 Å². The van der Waals surface area contributed by atoms with Crippen LogP contribution >= 0.6 is 11.3 Å². The summed E-state index contributed by atoms with van der Waals surface area (Å²) in [6.45, 7) is 2.64. The van der Waals surface area contributed by atoms with Crippen molar-refractivity contribution in [3.63, 3.8) is 0 Å². The summed E-state index contributed by atoms with van der Waals surface area (Å²) in [6.07, 6.45) is 0.582. The molecule has 1 aromatic rings. The first kappa shape index (κ1) is 13.6. The first-order valence-electron chi connectivity index (χ1n) is 5.87. The summed E-state index contributed by atoms with van der Waals surface area (Å²) in [6, 6.07) is 3.64. The molecule has 0 N–H and O–H groups in total. The van der Waals surface area contributed by atoms with Crippen LogP contribution in [0.4, 0.5) is 0 Å². The minimum atomic E-state index is -0.644. The van der Waals surface area contributed by atoms with Crippen molar-refractivity contribution in [2.75, 3.05) is 20.2 Å². The van der Waals surface area contributed by atoms with E-state index in [-0.39, 0.29) is 11.9 Å². The van der Waals surface area contributed by atoms with E-state index in [1.807, 2.05) is 6.07 Å². The third-order valence-corrected chi connectivity index (χ3v) is 4.32. The number of carbonyl (C=O) groups is 2. The lowest BCUT2D eigenvalue weighted by Gasteiger charge is -2.21. The molecular weight excluding hydrogens is 264 g/mol. The molecule has 5 nitrogen and oxygen atoms in total. The minimum Gasteiger partial charge on any atom is -0.469 e. The van der Waals surface area contributed by atoms with E-state index in [4.69, 9.17) is 10.00 Å². The third kappa shape index (κ3) is 2.34. The van der Waals surface area contributed by atoms with Crippen molar-refractivity contribution in [3.05, 3.63) is 21.9 Å². The molecule has 1 fully saturated rings. The number of nitriles is 1. The molecule has 6 heteroatoms. The number of ether oxygens (including phenoxy) is 1. The van der Waals surface area contributed by atoms with Gasteiger partial charge in [-0.2, -0.15) is 5.26 Å². The molecular formula is C13H14N2O3S. The van der Waals surface area contributed by atoms with Crippen molar-refractivity contribution in [3.8, 4) is 6.07 Å². The molecule has 0 saturated carbocycles. The van der Waals surface area contributed by atoms with Gasteiger partial charge in [0, 0.05) is 13.1 Å². The van der Waals surface area contributed by atoms with Gasteiger partial charge in [-0.3, -0.25) is 9.59 Å². The Morgan fingerprint density at radius 3 is 2.95 bits per heavy atom. The largest absolute Gasteiger partial charge is 0.469 e. The van der Waals surface area contributed by atoms with Crippen LogP contribution in [0, 0.1) is 16.7 Å². The third-order valence-electron chi connectivity index (χ3n) is 3.42. The molecule has 1 saturated heterocycles. The Hall–Kier alpha value is -1.87. The summed E-state index contributed by atoms with van der Waals surface area (Å²) in [5.41, 5.74) is -0.254. The zero-order valence-corrected chi connectivity index (χ0v) is 11.6. The molecule has 0 aromatic carbocycles. The average Bonchev–Trinajstić information content (AvgIpc) is 3.04. The Morgan fingerprint density at radius 1 is 1.58 bits per heavy atom. The van der Waals surface area contributed by atoms with Crippen LogP contribution in [0.25, 0.3) is 0 Å². The number of hydrogen-bond donors (Lipinski definition) is 0. The maximum absolute atomic E-state index is 12.3. The molecule has 1 amide bonds. The fraction of sp³-hybridized carbons (Fsp3) is 0.462. The van der Waals surface area contributed by atoms with Crippen molar-refractivity contribution in [1.82, 2.24) is 4.90 Å². The summed E-state index contributed by atoms with van der Waals surface area (Å²) in [4.78, 5) is 26.1. The number of esters is 1. The van der Waals surface area contributed by atoms with Crippen LogP contribution in [0.2, 0.25) is 0 Å². The maximum Gasteiger partial charge on any atom is 0.313 e. The number of nitrogens with zero attached hydrogens (tertiary/aromatic N) is 2. The smallest absolute Gasteiger partial charge is 0.313 e. The van der Waals surface area contributed by atoms with Gasteiger partial charge in [0.25, 0.3) is 5.91 Å². The fourth-order valence-electron chi connectivity index (χ4n) is 2.25. The number of methoxy groups -OCH3 is 1. The number of thiophene rings is 1. The lowest BCUT2D eigenvalue weighted by atomic mass is 9.90. The van der Waals surface area contributed by atoms with Crippen molar-refractivity contribution in [2.45, 2.75) is 13.3 Å². The number of rotatable bonds is 2. The van der Waals surface area contributed by atoms with Crippen molar-refractivity contribution in [2.24, 2.45) is 5.41 Å². The SMILES string of the molecule is COC(=O)[C@@]1(C)CCN(C(=O)c2sccc2C#N)C1. The van der Waals surface area contributed by atoms with E-state index in [2.05, 4.69) is 0 Å². The second kappa shape index (κ2) is 5.02. The van der Waals surface area contributed by atoms with E-state index >= 15 is 0 Å². The normalized spacial score (nSPS) is 22.1. The van der Waals surface area contributed by atoms with Crippen molar-refractivity contribution in [1.29, 1.82) is 5.26 Å². The van der Waals surface area contributed by atoms with E-state index in [1.165, 1.54) is 18.4 Å². The van der Waals surface area contributed by atoms with Crippen LogP contribution in [-0.4, -0.2) is 37.0 Å². The second-order valence-corrected chi connectivity index (χ2v) is 5.72. The highest BCUT2D eigenvalue weighted by Crippen LogP contribution is 2.33. The first-order valence-corrected chi connectivity index (χ1v) is 6.75. The van der Waals surface area contributed by atoms with Gasteiger partial charge in [-0.1, -0.05) is 0 Å². The molecule has 2 heterocycles. The average molecular weight is 278 g/mol. The topological polar surface area (TPSA) is 70.4 Å². The molecule has 1 aliphatic heterocycles. The van der Waals surface area contributed by atoms with E-state index in [9.17, 15) is 9.59 Å². The molecule has 0 aliphatic carbocycles. The Kier molecular flexibility index (Phi) is 3.58. The van der Waals surface area contributed by atoms with Crippen LogP contribution in [0.5, 0.6) is 0 Å². The minimum absolute atomic E-state index is 0.181. The molecule has 0 unspecified atom stereocenters. The molecule has 0 bridgehead atoms. The molecule has 19 heavy (non-hydrogen) atoms. The Balaban J connectivity index is 2.16. The first-order chi connectivity index (χ1) is 9.01. The molecule has 100 valence electrons. The van der Waals surface area contributed by atoms with E-state index in [0.29, 0.717) is 30.0 Å². The standard InChI is InChI=1S/C13H14N2O3S/c1-13(12(17)18-2)4-5-15(8-13)11(16)10-9(7-14)3-6-19-10/h3,6H,4-5,8H2,1-2H3/t13-/m0/s1. The van der Waals surface area contributed by atoms with Crippen LogP contribution < -0.4 is 0 Å². The van der Waals surface area contributed by atoms with Gasteiger partial charge in [-0.05, 0) is 24.8 Å². The number of carbonyl (C=O) groups excluding carboxylic acids is 2. The van der Waals surface area contributed by atoms with E-state index < -0.39 is 5.41 Å². The van der Waals surface area contributed by atoms with Crippen LogP contribution in [0.3, 0.4) is 0 Å². The van der Waals surface area contributed by atoms with Gasteiger partial charge in [-0.25, -0.2) is 0 Å². The molecule has 0 spiro atoms. The molecule has 1 aromatic heterocycles. The highest BCUT2D eigenvalue weighted by atomic mass is 32.1. The van der Waals surface area contributed by atoms with Gasteiger partial charge in [0.15, 0.2) is 0 Å². The summed E-state index contributed by atoms with van der Waals surface area (Å²) in [5, 5.41) is 10.7. The van der Waals surface area contributed by atoms with Crippen molar-refractivity contribution < 1.29 is 14.3 Å². The van der Waals surface area contributed by atoms with Crippen LogP contribution in [0.15, 0.2) is 11.4 Å². The van der Waals surface area contributed by atoms with Gasteiger partial charge < -0.3 is 9.64 Å². The summed E-state index contributed by atoms with van der Waals surface area (Å²) < 4.78 is 4.77. The Bertz CT molecular complexity index is 560. The Morgan fingerprint density at radius 2 is 2.32 bits per heavy atom. The molecule has 1 aliphatic rings. The van der Waals surface area contributed by atoms with Gasteiger partial charge in [0.05, 0.1) is 18.1 Å². The summed E-state index contributed by atoms with van der Waals surface area (Å²) >= 11 is 1.25. The lowest BCUT2D eigenvalue weighted by molar-refractivity contribution is -0.150. The molecule has 1 atom stereocenters. The summed E-state index contributed by atoms with van der Waals surface area (Å²) in [7, 11) is 1.35. The number of hydrogen-bond acceptors (Lipinski definition) is 5. The maximum atomic E-state index is 12.3. The van der Waals surface area contributed by atoms with Crippen LogP contribution in [-0.2, 0) is 9.53 Å². The summed E-state index contributed by atoms with van der Waals surface area (Å²) in [5.74, 6) is -0.478. The monoisotopic (exact) mass is 278 g/mol. The van der Waals surface area contributed by atoms with E-state index in [1.54, 1.807) is 23.3 Å². The van der Waals surface area contributed by atoms with Gasteiger partial charge in [0.1, 0.15) is 10.9 Å². The molecule has 0 radical (unpaired) electrons. The van der Waals surface area contributed by atoms with E-state index in [0.717, 1.165) is 0 Å². The predicted molar refractivity (Wildman–Crippen MR) is 69.7 cm³/mol. The molecule has 2 rings (SSSR count). The highest BCUT2D eigenvalue weighted by molar-refractivity contribution is 7.12. The van der Waals surface area contributed by atoms with Crippen LogP contribution in [0.1, 0.15) is 28.6 Å². The highest BCUT2D eigenvalue weighted by Gasteiger charge is 2.43. The zero-order valence-electron chi connectivity index (χ0n) is 10.8. The number of amides is 1. The van der Waals surface area contributed by atoms with Gasteiger partial charge >= 0.3 is 5.97 Å². The zero-order chi connectivity index (χ0) is 14.0. The second-order valence-electron chi connectivity index (χ2n) is 4.80. The quantitative estimate of drug-likeness (QED) is 0.771.